The molecule has 0 spiro atoms. The van der Waals surface area contributed by atoms with E-state index >= 15 is 0 Å². The van der Waals surface area contributed by atoms with Crippen molar-refractivity contribution in [2.24, 2.45) is 0 Å². The van der Waals surface area contributed by atoms with Gasteiger partial charge in [-0.15, -0.1) is 0 Å². The maximum absolute atomic E-state index is 8.78. The van der Waals surface area contributed by atoms with Crippen LogP contribution in [0.5, 0.6) is 0 Å². The summed E-state index contributed by atoms with van der Waals surface area (Å²) < 4.78 is 0. The normalized spacial score (nSPS) is 10.3. The molecular weight excluding hydrogens is 190 g/mol. The first-order valence-corrected chi connectivity index (χ1v) is 5.19. The largest absolute Gasteiger partial charge is 0.397 e. The third-order valence-corrected chi connectivity index (χ3v) is 2.40. The molecule has 0 radical (unpaired) electrons. The quantitative estimate of drug-likeness (QED) is 0.634. The minimum absolute atomic E-state index is 0.209. The zero-order chi connectivity index (χ0) is 11.3. The Hall–Kier alpha value is -1.42. The van der Waals surface area contributed by atoms with Crippen molar-refractivity contribution in [2.45, 2.75) is 13.3 Å². The Balaban J connectivity index is 2.78. The second-order valence-electron chi connectivity index (χ2n) is 3.47. The molecule has 1 rings (SSSR count). The van der Waals surface area contributed by atoms with Crippen LogP contribution in [0.2, 0.25) is 0 Å². The van der Waals surface area contributed by atoms with Crippen molar-refractivity contribution in [3.8, 4) is 0 Å². The second kappa shape index (κ2) is 5.46. The highest BCUT2D eigenvalue weighted by Gasteiger charge is 2.05. The molecule has 0 unspecified atom stereocenters. The van der Waals surface area contributed by atoms with E-state index in [1.165, 1.54) is 0 Å². The number of anilines is 3. The van der Waals surface area contributed by atoms with Gasteiger partial charge in [0.15, 0.2) is 0 Å². The highest BCUT2D eigenvalue weighted by Crippen LogP contribution is 2.22. The number of hydrogen-bond donors (Lipinski definition) is 3. The highest BCUT2D eigenvalue weighted by atomic mass is 16.3. The fourth-order valence-electron chi connectivity index (χ4n) is 1.49. The number of hydrogen-bond acceptors (Lipinski definition) is 4. The van der Waals surface area contributed by atoms with Crippen molar-refractivity contribution in [1.29, 1.82) is 0 Å². The molecule has 0 aliphatic rings. The van der Waals surface area contributed by atoms with Crippen LogP contribution in [0.25, 0.3) is 0 Å². The summed E-state index contributed by atoms with van der Waals surface area (Å²) in [6.07, 6.45) is 0.762. The van der Waals surface area contributed by atoms with E-state index in [9.17, 15) is 0 Å². The molecule has 0 heterocycles. The number of nitrogen functional groups attached to an aromatic ring is 2. The smallest absolute Gasteiger partial charge is 0.0568 e. The van der Waals surface area contributed by atoms with E-state index in [1.807, 2.05) is 18.2 Å². The van der Waals surface area contributed by atoms with Crippen molar-refractivity contribution in [3.63, 3.8) is 0 Å². The van der Waals surface area contributed by atoms with Crippen molar-refractivity contribution in [1.82, 2.24) is 0 Å². The van der Waals surface area contributed by atoms with Crippen molar-refractivity contribution >= 4 is 17.1 Å². The van der Waals surface area contributed by atoms with Gasteiger partial charge in [-0.25, -0.2) is 0 Å². The van der Waals surface area contributed by atoms with Crippen molar-refractivity contribution < 1.29 is 5.11 Å². The lowest BCUT2D eigenvalue weighted by Gasteiger charge is -2.23. The topological polar surface area (TPSA) is 75.5 Å². The molecule has 0 amide bonds. The summed E-state index contributed by atoms with van der Waals surface area (Å²) in [5.41, 5.74) is 13.7. The minimum Gasteiger partial charge on any atom is -0.397 e. The van der Waals surface area contributed by atoms with Gasteiger partial charge < -0.3 is 21.5 Å². The molecule has 0 fully saturated rings. The maximum atomic E-state index is 8.78. The molecule has 0 saturated heterocycles. The summed E-state index contributed by atoms with van der Waals surface area (Å²) in [6, 6.07) is 5.63. The zero-order valence-electron chi connectivity index (χ0n) is 9.11. The summed E-state index contributed by atoms with van der Waals surface area (Å²) >= 11 is 0. The standard InChI is InChI=1S/C11H19N3O/c1-2-14(6-3-7-15)9-4-5-10(12)11(13)8-9/h4-5,8,15H,2-3,6-7,12-13H2,1H3. The molecule has 84 valence electrons. The predicted molar refractivity (Wildman–Crippen MR) is 64.9 cm³/mol. The van der Waals surface area contributed by atoms with Crippen molar-refractivity contribution in [2.75, 3.05) is 36.1 Å². The highest BCUT2D eigenvalue weighted by molar-refractivity contribution is 5.69. The molecular formula is C11H19N3O. The van der Waals surface area contributed by atoms with Gasteiger partial charge in [0.2, 0.25) is 0 Å². The lowest BCUT2D eigenvalue weighted by atomic mass is 10.2. The van der Waals surface area contributed by atoms with E-state index in [-0.39, 0.29) is 6.61 Å². The third kappa shape index (κ3) is 3.02. The lowest BCUT2D eigenvalue weighted by molar-refractivity contribution is 0.289. The van der Waals surface area contributed by atoms with Gasteiger partial charge in [-0.2, -0.15) is 0 Å². The van der Waals surface area contributed by atoms with Gasteiger partial charge in [-0.3, -0.25) is 0 Å². The summed E-state index contributed by atoms with van der Waals surface area (Å²) in [7, 11) is 0. The summed E-state index contributed by atoms with van der Waals surface area (Å²) in [6.45, 7) is 4.00. The Morgan fingerprint density at radius 2 is 2.00 bits per heavy atom. The van der Waals surface area contributed by atoms with Gasteiger partial charge in [-0.1, -0.05) is 0 Å². The average Bonchev–Trinajstić information content (AvgIpc) is 2.24. The zero-order valence-corrected chi connectivity index (χ0v) is 9.11. The van der Waals surface area contributed by atoms with E-state index in [0.29, 0.717) is 11.4 Å². The van der Waals surface area contributed by atoms with Crippen LogP contribution in [0.1, 0.15) is 13.3 Å². The Bertz CT molecular complexity index is 315. The minimum atomic E-state index is 0.209. The third-order valence-electron chi connectivity index (χ3n) is 2.40. The van der Waals surface area contributed by atoms with E-state index in [1.54, 1.807) is 0 Å². The second-order valence-corrected chi connectivity index (χ2v) is 3.47. The van der Waals surface area contributed by atoms with E-state index in [4.69, 9.17) is 16.6 Å². The van der Waals surface area contributed by atoms with Crippen LogP contribution in [0.3, 0.4) is 0 Å². The monoisotopic (exact) mass is 209 g/mol. The van der Waals surface area contributed by atoms with Gasteiger partial charge in [-0.05, 0) is 31.5 Å². The molecule has 0 bridgehead atoms. The summed E-state index contributed by atoms with van der Waals surface area (Å²) in [4.78, 5) is 2.16. The van der Waals surface area contributed by atoms with E-state index in [2.05, 4.69) is 11.8 Å². The summed E-state index contributed by atoms with van der Waals surface area (Å²) in [5.74, 6) is 0. The maximum Gasteiger partial charge on any atom is 0.0568 e. The van der Waals surface area contributed by atoms with Crippen LogP contribution in [0.4, 0.5) is 17.1 Å². The number of aliphatic hydroxyl groups is 1. The van der Waals surface area contributed by atoms with Crippen LogP contribution in [-0.4, -0.2) is 24.8 Å². The number of nitrogens with zero attached hydrogens (tertiary/aromatic N) is 1. The molecule has 15 heavy (non-hydrogen) atoms. The SMILES string of the molecule is CCN(CCCO)c1ccc(N)c(N)c1. The molecule has 1 aromatic carbocycles. The predicted octanol–water partition coefficient (Wildman–Crippen LogP) is 1.06. The first kappa shape index (κ1) is 11.7. The molecule has 0 atom stereocenters. The Morgan fingerprint density at radius 1 is 1.27 bits per heavy atom. The number of benzene rings is 1. The van der Waals surface area contributed by atoms with Crippen molar-refractivity contribution in [3.05, 3.63) is 18.2 Å². The summed E-state index contributed by atoms with van der Waals surface area (Å²) in [5, 5.41) is 8.78. The molecule has 5 N–H and O–H groups in total. The van der Waals surface area contributed by atoms with Gasteiger partial charge in [0.1, 0.15) is 0 Å². The van der Waals surface area contributed by atoms with E-state index < -0.39 is 0 Å². The average molecular weight is 209 g/mol. The molecule has 0 aliphatic heterocycles. The van der Waals surface area contributed by atoms with Gasteiger partial charge in [0, 0.05) is 25.4 Å². The van der Waals surface area contributed by atoms with Crippen LogP contribution in [-0.2, 0) is 0 Å². The number of rotatable bonds is 5. The number of aliphatic hydroxyl groups excluding tert-OH is 1. The molecule has 0 aliphatic carbocycles. The Kier molecular flexibility index (Phi) is 4.24. The fraction of sp³-hybridized carbons (Fsp3) is 0.455. The Morgan fingerprint density at radius 3 is 2.53 bits per heavy atom. The van der Waals surface area contributed by atoms with Crippen LogP contribution in [0, 0.1) is 0 Å². The first-order chi connectivity index (χ1) is 7.19. The van der Waals surface area contributed by atoms with Crippen LogP contribution in [0.15, 0.2) is 18.2 Å². The molecule has 4 heteroatoms. The van der Waals surface area contributed by atoms with Crippen LogP contribution >= 0.6 is 0 Å². The Labute approximate surface area is 90.5 Å². The number of nitrogens with two attached hydrogens (primary N) is 2. The molecule has 0 saturated carbocycles. The van der Waals surface area contributed by atoms with Gasteiger partial charge in [0.05, 0.1) is 11.4 Å². The molecule has 4 nitrogen and oxygen atoms in total. The first-order valence-electron chi connectivity index (χ1n) is 5.19. The van der Waals surface area contributed by atoms with Crippen LogP contribution < -0.4 is 16.4 Å². The van der Waals surface area contributed by atoms with E-state index in [0.717, 1.165) is 25.2 Å². The molecule has 0 aromatic heterocycles. The fourth-order valence-corrected chi connectivity index (χ4v) is 1.49. The van der Waals surface area contributed by atoms with Gasteiger partial charge in [0.25, 0.3) is 0 Å². The lowest BCUT2D eigenvalue weighted by Crippen LogP contribution is -2.24. The molecule has 1 aromatic rings. The van der Waals surface area contributed by atoms with Gasteiger partial charge >= 0.3 is 0 Å².